The Morgan fingerprint density at radius 1 is 1.06 bits per heavy atom. The van der Waals surface area contributed by atoms with Gasteiger partial charge in [-0.05, 0) is 61.5 Å². The van der Waals surface area contributed by atoms with Crippen LogP contribution in [0.5, 0.6) is 0 Å². The Morgan fingerprint density at radius 3 is 2.33 bits per heavy atom. The second kappa shape index (κ2) is 4.70. The minimum absolute atomic E-state index is 0.543. The Labute approximate surface area is 110 Å². The van der Waals surface area contributed by atoms with Crippen molar-refractivity contribution in [3.8, 4) is 0 Å². The minimum Gasteiger partial charge on any atom is -0.385 e. The van der Waals surface area contributed by atoms with Crippen molar-refractivity contribution in [2.24, 2.45) is 5.92 Å². The Balaban J connectivity index is 1.90. The van der Waals surface area contributed by atoms with Crippen molar-refractivity contribution in [2.45, 2.75) is 63.4 Å². The molecule has 2 saturated carbocycles. The van der Waals surface area contributed by atoms with Crippen molar-refractivity contribution in [1.82, 2.24) is 0 Å². The highest BCUT2D eigenvalue weighted by molar-refractivity contribution is 5.36. The van der Waals surface area contributed by atoms with Gasteiger partial charge in [0.25, 0.3) is 0 Å². The predicted molar refractivity (Wildman–Crippen MR) is 74.6 cm³/mol. The molecule has 3 rings (SSSR count). The van der Waals surface area contributed by atoms with Gasteiger partial charge in [-0.25, -0.2) is 0 Å². The zero-order chi connectivity index (χ0) is 12.6. The van der Waals surface area contributed by atoms with Crippen molar-refractivity contribution in [1.29, 1.82) is 0 Å². The lowest BCUT2D eigenvalue weighted by atomic mass is 9.70. The predicted octanol–water partition coefficient (Wildman–Crippen LogP) is 4.35. The third-order valence-corrected chi connectivity index (χ3v) is 5.11. The van der Waals surface area contributed by atoms with Crippen LogP contribution >= 0.6 is 0 Å². The molecule has 0 amide bonds. The summed E-state index contributed by atoms with van der Waals surface area (Å²) in [7, 11) is 0. The highest BCUT2D eigenvalue weighted by atomic mass is 16.3. The SMILES string of the molecule is CC1CCC(O)(c2ccccc2C2CCC2)CC1. The zero-order valence-electron chi connectivity index (χ0n) is 11.4. The molecule has 0 unspecified atom stereocenters. The molecule has 2 aliphatic carbocycles. The van der Waals surface area contributed by atoms with E-state index >= 15 is 0 Å². The molecule has 0 aromatic heterocycles. The summed E-state index contributed by atoms with van der Waals surface area (Å²) in [6.45, 7) is 2.30. The Kier molecular flexibility index (Phi) is 3.19. The van der Waals surface area contributed by atoms with E-state index in [4.69, 9.17) is 0 Å². The molecule has 0 spiro atoms. The first-order valence-corrected chi connectivity index (χ1v) is 7.51. The van der Waals surface area contributed by atoms with E-state index in [-0.39, 0.29) is 0 Å². The lowest BCUT2D eigenvalue weighted by molar-refractivity contribution is -0.0133. The molecule has 0 radical (unpaired) electrons. The van der Waals surface area contributed by atoms with Crippen molar-refractivity contribution >= 4 is 0 Å². The number of hydrogen-bond donors (Lipinski definition) is 1. The van der Waals surface area contributed by atoms with E-state index < -0.39 is 5.60 Å². The van der Waals surface area contributed by atoms with Crippen LogP contribution < -0.4 is 0 Å². The molecule has 2 aliphatic rings. The van der Waals surface area contributed by atoms with Crippen molar-refractivity contribution < 1.29 is 5.11 Å². The normalized spacial score (nSPS) is 33.1. The van der Waals surface area contributed by atoms with E-state index in [0.29, 0.717) is 5.92 Å². The molecular weight excluding hydrogens is 220 g/mol. The van der Waals surface area contributed by atoms with Crippen LogP contribution in [0, 0.1) is 5.92 Å². The number of rotatable bonds is 2. The zero-order valence-corrected chi connectivity index (χ0v) is 11.4. The van der Waals surface area contributed by atoms with Crippen molar-refractivity contribution in [2.75, 3.05) is 0 Å². The first kappa shape index (κ1) is 12.2. The third-order valence-electron chi connectivity index (χ3n) is 5.11. The van der Waals surface area contributed by atoms with Gasteiger partial charge in [-0.1, -0.05) is 37.6 Å². The molecule has 1 heteroatoms. The summed E-state index contributed by atoms with van der Waals surface area (Å²) in [5.41, 5.74) is 2.13. The standard InChI is InChI=1S/C17H24O/c1-13-9-11-17(18,12-10-13)16-8-3-2-7-15(16)14-5-4-6-14/h2-3,7-8,13-14,18H,4-6,9-12H2,1H3. The summed E-state index contributed by atoms with van der Waals surface area (Å²) in [6, 6.07) is 8.64. The van der Waals surface area contributed by atoms with Crippen LogP contribution in [-0.2, 0) is 5.60 Å². The Bertz CT molecular complexity index is 411. The molecule has 0 heterocycles. The lowest BCUT2D eigenvalue weighted by Crippen LogP contribution is -2.32. The van der Waals surface area contributed by atoms with Crippen LogP contribution in [0.3, 0.4) is 0 Å². The Morgan fingerprint density at radius 2 is 1.72 bits per heavy atom. The van der Waals surface area contributed by atoms with Gasteiger partial charge in [0.1, 0.15) is 0 Å². The van der Waals surface area contributed by atoms with E-state index in [1.54, 1.807) is 0 Å². The van der Waals surface area contributed by atoms with E-state index in [1.807, 2.05) is 0 Å². The highest BCUT2D eigenvalue weighted by Gasteiger charge is 2.36. The molecule has 18 heavy (non-hydrogen) atoms. The molecule has 0 bridgehead atoms. The lowest BCUT2D eigenvalue weighted by Gasteiger charge is -2.39. The highest BCUT2D eigenvalue weighted by Crippen LogP contribution is 2.45. The largest absolute Gasteiger partial charge is 0.385 e. The molecule has 1 N–H and O–H groups in total. The smallest absolute Gasteiger partial charge is 0.0899 e. The molecule has 1 aromatic rings. The maximum atomic E-state index is 11.0. The Hall–Kier alpha value is -0.820. The summed E-state index contributed by atoms with van der Waals surface area (Å²) in [6.07, 6.45) is 8.18. The first-order chi connectivity index (χ1) is 8.69. The third kappa shape index (κ3) is 2.09. The van der Waals surface area contributed by atoms with Gasteiger partial charge >= 0.3 is 0 Å². The number of hydrogen-bond acceptors (Lipinski definition) is 1. The minimum atomic E-state index is -0.543. The summed E-state index contributed by atoms with van der Waals surface area (Å²) < 4.78 is 0. The van der Waals surface area contributed by atoms with Crippen molar-refractivity contribution in [3.63, 3.8) is 0 Å². The quantitative estimate of drug-likeness (QED) is 0.820. The van der Waals surface area contributed by atoms with Crippen LogP contribution in [0.1, 0.15) is 68.9 Å². The van der Waals surface area contributed by atoms with Crippen LogP contribution in [0.2, 0.25) is 0 Å². The second-order valence-corrected chi connectivity index (χ2v) is 6.43. The summed E-state index contributed by atoms with van der Waals surface area (Å²) in [4.78, 5) is 0. The maximum Gasteiger partial charge on any atom is 0.0899 e. The fraction of sp³-hybridized carbons (Fsp3) is 0.647. The number of benzene rings is 1. The monoisotopic (exact) mass is 244 g/mol. The van der Waals surface area contributed by atoms with Gasteiger partial charge in [-0.2, -0.15) is 0 Å². The van der Waals surface area contributed by atoms with Crippen LogP contribution in [0.4, 0.5) is 0 Å². The van der Waals surface area contributed by atoms with E-state index in [0.717, 1.165) is 31.6 Å². The van der Waals surface area contributed by atoms with Crippen LogP contribution in [-0.4, -0.2) is 5.11 Å². The van der Waals surface area contributed by atoms with Gasteiger partial charge in [0.2, 0.25) is 0 Å². The summed E-state index contributed by atoms with van der Waals surface area (Å²) in [5, 5.41) is 11.0. The fourth-order valence-corrected chi connectivity index (χ4v) is 3.51. The molecule has 1 nitrogen and oxygen atoms in total. The summed E-state index contributed by atoms with van der Waals surface area (Å²) in [5.74, 6) is 1.49. The molecule has 1 aromatic carbocycles. The molecule has 0 atom stereocenters. The van der Waals surface area contributed by atoms with E-state index in [2.05, 4.69) is 31.2 Å². The molecular formula is C17H24O. The summed E-state index contributed by atoms with van der Waals surface area (Å²) >= 11 is 0. The van der Waals surface area contributed by atoms with Gasteiger partial charge < -0.3 is 5.11 Å². The average Bonchev–Trinajstić information content (AvgIpc) is 2.32. The average molecular weight is 244 g/mol. The first-order valence-electron chi connectivity index (χ1n) is 7.51. The number of aliphatic hydroxyl groups is 1. The van der Waals surface area contributed by atoms with Crippen LogP contribution in [0.15, 0.2) is 24.3 Å². The van der Waals surface area contributed by atoms with Gasteiger partial charge in [-0.15, -0.1) is 0 Å². The van der Waals surface area contributed by atoms with E-state index in [1.165, 1.54) is 30.4 Å². The fourth-order valence-electron chi connectivity index (χ4n) is 3.51. The molecule has 0 saturated heterocycles. The van der Waals surface area contributed by atoms with Gasteiger partial charge in [0.05, 0.1) is 5.60 Å². The molecule has 0 aliphatic heterocycles. The van der Waals surface area contributed by atoms with Gasteiger partial charge in [-0.3, -0.25) is 0 Å². The van der Waals surface area contributed by atoms with Crippen molar-refractivity contribution in [3.05, 3.63) is 35.4 Å². The molecule has 98 valence electrons. The second-order valence-electron chi connectivity index (χ2n) is 6.43. The van der Waals surface area contributed by atoms with Gasteiger partial charge in [0.15, 0.2) is 0 Å². The molecule has 2 fully saturated rings. The van der Waals surface area contributed by atoms with E-state index in [9.17, 15) is 5.11 Å². The maximum absolute atomic E-state index is 11.0. The van der Waals surface area contributed by atoms with Crippen LogP contribution in [0.25, 0.3) is 0 Å². The topological polar surface area (TPSA) is 20.2 Å². The van der Waals surface area contributed by atoms with Gasteiger partial charge in [0, 0.05) is 0 Å².